The number of anilines is 1. The summed E-state index contributed by atoms with van der Waals surface area (Å²) in [6, 6.07) is 1.31. The molecule has 0 atom stereocenters. The van der Waals surface area contributed by atoms with Crippen LogP contribution in [0.25, 0.3) is 11.0 Å². The number of allylic oxidation sites excluding steroid dienone is 2. The van der Waals surface area contributed by atoms with Gasteiger partial charge in [0.15, 0.2) is 5.65 Å². The van der Waals surface area contributed by atoms with E-state index in [1.165, 1.54) is 12.4 Å². The van der Waals surface area contributed by atoms with Gasteiger partial charge in [-0.15, -0.1) is 4.73 Å². The van der Waals surface area contributed by atoms with Crippen LogP contribution in [0.3, 0.4) is 0 Å². The molecule has 0 unspecified atom stereocenters. The molecule has 6 heteroatoms. The van der Waals surface area contributed by atoms with Crippen LogP contribution in [-0.4, -0.2) is 26.5 Å². The average Bonchev–Trinajstić information content (AvgIpc) is 2.48. The molecule has 2 heterocycles. The highest BCUT2D eigenvalue weighted by Gasteiger charge is 2.12. The van der Waals surface area contributed by atoms with E-state index >= 15 is 0 Å². The van der Waals surface area contributed by atoms with Crippen molar-refractivity contribution in [1.82, 2.24) is 14.7 Å². The zero-order chi connectivity index (χ0) is 15.4. The van der Waals surface area contributed by atoms with Crippen LogP contribution in [0.5, 0.6) is 0 Å². The first-order chi connectivity index (χ1) is 10.1. The van der Waals surface area contributed by atoms with Crippen molar-refractivity contribution in [1.29, 1.82) is 0 Å². The summed E-state index contributed by atoms with van der Waals surface area (Å²) in [5.41, 5.74) is 1.76. The number of nitrogens with zero attached hydrogens (tertiary/aromatic N) is 3. The standard InChI is InChI=1S/C15H16N4O2/c1-4-6-11(5-2)8-16-12-7-13(20)19(21)15-14(12)10(3)17-9-18-15/h4-7,9,16,21H,1-2,8H2,3H3/b11-6+. The molecular weight excluding hydrogens is 268 g/mol. The van der Waals surface area contributed by atoms with E-state index in [9.17, 15) is 10.0 Å². The molecule has 0 spiro atoms. The Morgan fingerprint density at radius 3 is 2.90 bits per heavy atom. The summed E-state index contributed by atoms with van der Waals surface area (Å²) in [7, 11) is 0. The van der Waals surface area contributed by atoms with E-state index in [0.717, 1.165) is 5.57 Å². The minimum atomic E-state index is -0.559. The topological polar surface area (TPSA) is 80.0 Å². The van der Waals surface area contributed by atoms with Gasteiger partial charge in [0, 0.05) is 12.6 Å². The van der Waals surface area contributed by atoms with Crippen LogP contribution in [0, 0.1) is 6.92 Å². The molecule has 6 nitrogen and oxygen atoms in total. The Labute approximate surface area is 121 Å². The van der Waals surface area contributed by atoms with Crippen molar-refractivity contribution in [2.24, 2.45) is 0 Å². The number of rotatable bonds is 5. The van der Waals surface area contributed by atoms with Crippen molar-refractivity contribution in [3.8, 4) is 0 Å². The lowest BCUT2D eigenvalue weighted by Gasteiger charge is -2.12. The first-order valence-electron chi connectivity index (χ1n) is 6.33. The number of pyridine rings is 1. The van der Waals surface area contributed by atoms with Crippen molar-refractivity contribution in [2.75, 3.05) is 11.9 Å². The van der Waals surface area contributed by atoms with Gasteiger partial charge in [0.25, 0.3) is 5.56 Å². The van der Waals surface area contributed by atoms with Crippen LogP contribution in [0.15, 0.2) is 54.1 Å². The zero-order valence-corrected chi connectivity index (χ0v) is 11.7. The number of fused-ring (bicyclic) bond motifs is 1. The monoisotopic (exact) mass is 284 g/mol. The molecule has 0 amide bonds. The minimum Gasteiger partial charge on any atom is -0.423 e. The Morgan fingerprint density at radius 1 is 1.48 bits per heavy atom. The maximum absolute atomic E-state index is 11.8. The van der Waals surface area contributed by atoms with Crippen molar-refractivity contribution in [3.05, 3.63) is 65.4 Å². The lowest BCUT2D eigenvalue weighted by Crippen LogP contribution is -2.20. The quantitative estimate of drug-likeness (QED) is 0.649. The molecule has 2 aromatic heterocycles. The van der Waals surface area contributed by atoms with Crippen LogP contribution >= 0.6 is 0 Å². The molecule has 2 rings (SSSR count). The summed E-state index contributed by atoms with van der Waals surface area (Å²) >= 11 is 0. The van der Waals surface area contributed by atoms with Gasteiger partial charge in [0.2, 0.25) is 0 Å². The van der Waals surface area contributed by atoms with Gasteiger partial charge < -0.3 is 10.5 Å². The fraction of sp³-hybridized carbons (Fsp3) is 0.133. The van der Waals surface area contributed by atoms with E-state index in [1.54, 1.807) is 19.1 Å². The lowest BCUT2D eigenvalue weighted by atomic mass is 10.2. The Bertz CT molecular complexity index is 790. The molecule has 0 fully saturated rings. The number of hydrogen-bond donors (Lipinski definition) is 2. The van der Waals surface area contributed by atoms with E-state index in [4.69, 9.17) is 0 Å². The average molecular weight is 284 g/mol. The number of aromatic nitrogens is 3. The highest BCUT2D eigenvalue weighted by molar-refractivity contribution is 5.90. The van der Waals surface area contributed by atoms with Gasteiger partial charge in [-0.1, -0.05) is 31.4 Å². The second-order valence-electron chi connectivity index (χ2n) is 4.40. The van der Waals surface area contributed by atoms with Gasteiger partial charge in [0.05, 0.1) is 16.8 Å². The normalized spacial score (nSPS) is 11.4. The van der Waals surface area contributed by atoms with Gasteiger partial charge in [-0.05, 0) is 12.5 Å². The van der Waals surface area contributed by atoms with Crippen molar-refractivity contribution in [2.45, 2.75) is 6.92 Å². The lowest BCUT2D eigenvalue weighted by molar-refractivity contribution is 0.186. The number of hydrogen-bond acceptors (Lipinski definition) is 5. The molecule has 0 saturated carbocycles. The summed E-state index contributed by atoms with van der Waals surface area (Å²) in [6.07, 6.45) is 6.49. The van der Waals surface area contributed by atoms with Crippen molar-refractivity contribution >= 4 is 16.7 Å². The van der Waals surface area contributed by atoms with Gasteiger partial charge in [-0.3, -0.25) is 4.79 Å². The highest BCUT2D eigenvalue weighted by atomic mass is 16.5. The molecule has 0 aliphatic heterocycles. The van der Waals surface area contributed by atoms with Gasteiger partial charge in [-0.25, -0.2) is 9.97 Å². The van der Waals surface area contributed by atoms with Gasteiger partial charge in [-0.2, -0.15) is 0 Å². The van der Waals surface area contributed by atoms with Crippen LogP contribution < -0.4 is 10.9 Å². The number of aryl methyl sites for hydroxylation is 1. The summed E-state index contributed by atoms with van der Waals surface area (Å²) < 4.78 is 0.517. The van der Waals surface area contributed by atoms with Crippen molar-refractivity contribution in [3.63, 3.8) is 0 Å². The molecule has 0 aromatic carbocycles. The Balaban J connectivity index is 2.52. The summed E-state index contributed by atoms with van der Waals surface area (Å²) in [5.74, 6) is 0. The summed E-state index contributed by atoms with van der Waals surface area (Å²) in [5, 5.41) is 13.5. The van der Waals surface area contributed by atoms with E-state index < -0.39 is 5.56 Å². The third-order valence-electron chi connectivity index (χ3n) is 3.04. The molecule has 0 aliphatic rings. The predicted octanol–water partition coefficient (Wildman–Crippen LogP) is 2.05. The molecule has 0 aliphatic carbocycles. The van der Waals surface area contributed by atoms with Crippen LogP contribution in [0.1, 0.15) is 5.69 Å². The molecule has 0 saturated heterocycles. The molecular formula is C15H16N4O2. The van der Waals surface area contributed by atoms with E-state index in [-0.39, 0.29) is 5.65 Å². The Kier molecular flexibility index (Phi) is 4.18. The summed E-state index contributed by atoms with van der Waals surface area (Å²) in [6.45, 7) is 9.60. The SMILES string of the molecule is C=C/C=C(\C=C)CNc1cc(=O)n(O)c2ncnc(C)c12. The van der Waals surface area contributed by atoms with E-state index in [1.807, 2.05) is 6.08 Å². The fourth-order valence-corrected chi connectivity index (χ4v) is 1.99. The predicted molar refractivity (Wildman–Crippen MR) is 82.7 cm³/mol. The third-order valence-corrected chi connectivity index (χ3v) is 3.04. The second-order valence-corrected chi connectivity index (χ2v) is 4.40. The molecule has 2 N–H and O–H groups in total. The van der Waals surface area contributed by atoms with Crippen LogP contribution in [0.4, 0.5) is 5.69 Å². The molecule has 21 heavy (non-hydrogen) atoms. The maximum Gasteiger partial charge on any atom is 0.286 e. The first-order valence-corrected chi connectivity index (χ1v) is 6.33. The van der Waals surface area contributed by atoms with Gasteiger partial charge >= 0.3 is 0 Å². The minimum absolute atomic E-state index is 0.172. The Hall–Kier alpha value is -2.89. The van der Waals surface area contributed by atoms with Crippen LogP contribution in [0.2, 0.25) is 0 Å². The van der Waals surface area contributed by atoms with Crippen molar-refractivity contribution < 1.29 is 5.21 Å². The second kappa shape index (κ2) is 6.04. The zero-order valence-electron chi connectivity index (χ0n) is 11.7. The first kappa shape index (κ1) is 14.5. The molecule has 0 bridgehead atoms. The van der Waals surface area contributed by atoms with E-state index in [0.29, 0.717) is 28.0 Å². The third kappa shape index (κ3) is 2.84. The smallest absolute Gasteiger partial charge is 0.286 e. The number of nitrogens with one attached hydrogen (secondary N) is 1. The maximum atomic E-state index is 11.8. The largest absolute Gasteiger partial charge is 0.423 e. The molecule has 108 valence electrons. The Morgan fingerprint density at radius 2 is 2.24 bits per heavy atom. The molecule has 2 aromatic rings. The van der Waals surface area contributed by atoms with Crippen LogP contribution in [-0.2, 0) is 0 Å². The summed E-state index contributed by atoms with van der Waals surface area (Å²) in [4.78, 5) is 19.8. The fourth-order valence-electron chi connectivity index (χ4n) is 1.99. The highest BCUT2D eigenvalue weighted by Crippen LogP contribution is 2.21. The molecule has 0 radical (unpaired) electrons. The van der Waals surface area contributed by atoms with E-state index in [2.05, 4.69) is 28.4 Å². The van der Waals surface area contributed by atoms with Gasteiger partial charge in [0.1, 0.15) is 6.33 Å².